The number of rotatable bonds is 2. The molecule has 17 heavy (non-hydrogen) atoms. The molecule has 0 aromatic carbocycles. The number of Topliss-reactive ketones (excluding diaryl/α,β-unsaturated/α-hetero) is 1. The molecule has 0 unspecified atom stereocenters. The summed E-state index contributed by atoms with van der Waals surface area (Å²) < 4.78 is 6.51. The van der Waals surface area contributed by atoms with Crippen molar-refractivity contribution in [3.05, 3.63) is 0 Å². The number of carbonyl (C=O) groups is 1. The maximum Gasteiger partial charge on any atom is 0.192 e. The Labute approximate surface area is 106 Å². The third-order valence-corrected chi connectivity index (χ3v) is 9.65. The van der Waals surface area contributed by atoms with E-state index >= 15 is 0 Å². The van der Waals surface area contributed by atoms with Crippen molar-refractivity contribution in [3.63, 3.8) is 0 Å². The smallest absolute Gasteiger partial charge is 0.192 e. The molecular weight excluding hydrogens is 228 g/mol. The molecule has 2 fully saturated rings. The van der Waals surface area contributed by atoms with E-state index in [1.165, 1.54) is 0 Å². The first-order chi connectivity index (χ1) is 7.72. The summed E-state index contributed by atoms with van der Waals surface area (Å²) >= 11 is 0. The van der Waals surface area contributed by atoms with Crippen LogP contribution in [0.25, 0.3) is 0 Å². The minimum Gasteiger partial charge on any atom is -0.414 e. The van der Waals surface area contributed by atoms with Crippen LogP contribution in [0, 0.1) is 11.8 Å². The highest BCUT2D eigenvalue weighted by Crippen LogP contribution is 2.46. The normalized spacial score (nSPS) is 34.2. The van der Waals surface area contributed by atoms with E-state index < -0.39 is 8.32 Å². The molecular formula is C14H26O2Si. The molecule has 0 aliphatic heterocycles. The van der Waals surface area contributed by atoms with Crippen molar-refractivity contribution in [2.75, 3.05) is 0 Å². The molecule has 0 aromatic rings. The van der Waals surface area contributed by atoms with Crippen LogP contribution in [0.5, 0.6) is 0 Å². The summed E-state index contributed by atoms with van der Waals surface area (Å²) in [5.41, 5.74) is 0. The average Bonchev–Trinajstić information content (AvgIpc) is 2.70. The molecule has 0 radical (unpaired) electrons. The van der Waals surface area contributed by atoms with Crippen LogP contribution in [0.15, 0.2) is 0 Å². The van der Waals surface area contributed by atoms with Gasteiger partial charge in [-0.1, -0.05) is 20.8 Å². The fraction of sp³-hybridized carbons (Fsp3) is 0.929. The van der Waals surface area contributed by atoms with Gasteiger partial charge in [-0.3, -0.25) is 4.79 Å². The Bertz CT molecular complexity index is 317. The van der Waals surface area contributed by atoms with Gasteiger partial charge in [-0.15, -0.1) is 0 Å². The summed E-state index contributed by atoms with van der Waals surface area (Å²) in [6.07, 6.45) is 4.42. The Hall–Kier alpha value is -0.153. The van der Waals surface area contributed by atoms with Gasteiger partial charge in [0.1, 0.15) is 5.78 Å². The topological polar surface area (TPSA) is 26.3 Å². The third kappa shape index (κ3) is 2.36. The third-order valence-electron chi connectivity index (χ3n) is 5.15. The molecule has 2 aliphatic rings. The fourth-order valence-corrected chi connectivity index (χ4v) is 4.42. The second-order valence-corrected chi connectivity index (χ2v) is 12.0. The summed E-state index contributed by atoms with van der Waals surface area (Å²) in [7, 11) is -1.66. The highest BCUT2D eigenvalue weighted by atomic mass is 28.4. The standard InChI is InChI=1S/C14H26O2Si/c1-14(2,3)17(4,5)16-13-9-7-10-11(13)6-8-12(10)15/h10-11,13H,6-9H2,1-5H3/t10-,11-,13+/m1/s1. The van der Waals surface area contributed by atoms with Gasteiger partial charge in [-0.25, -0.2) is 0 Å². The molecule has 2 nitrogen and oxygen atoms in total. The minimum absolute atomic E-state index is 0.272. The maximum absolute atomic E-state index is 11.7. The van der Waals surface area contributed by atoms with Crippen molar-refractivity contribution in [2.45, 2.75) is 70.7 Å². The number of hydrogen-bond donors (Lipinski definition) is 0. The molecule has 3 heteroatoms. The Morgan fingerprint density at radius 3 is 2.41 bits per heavy atom. The van der Waals surface area contributed by atoms with Gasteiger partial charge in [0.15, 0.2) is 8.32 Å². The van der Waals surface area contributed by atoms with E-state index in [1.54, 1.807) is 0 Å². The van der Waals surface area contributed by atoms with Crippen LogP contribution < -0.4 is 0 Å². The summed E-state index contributed by atoms with van der Waals surface area (Å²) in [6.45, 7) is 11.5. The van der Waals surface area contributed by atoms with Crippen LogP contribution >= 0.6 is 0 Å². The lowest BCUT2D eigenvalue weighted by Crippen LogP contribution is -2.44. The fourth-order valence-electron chi connectivity index (χ4n) is 3.01. The largest absolute Gasteiger partial charge is 0.414 e. The van der Waals surface area contributed by atoms with Crippen molar-refractivity contribution in [1.82, 2.24) is 0 Å². The zero-order valence-corrected chi connectivity index (χ0v) is 12.9. The lowest BCUT2D eigenvalue weighted by Gasteiger charge is -2.39. The quantitative estimate of drug-likeness (QED) is 0.701. The first-order valence-corrected chi connectivity index (χ1v) is 9.84. The van der Waals surface area contributed by atoms with Gasteiger partial charge >= 0.3 is 0 Å². The van der Waals surface area contributed by atoms with Crippen molar-refractivity contribution in [2.24, 2.45) is 11.8 Å². The van der Waals surface area contributed by atoms with Crippen LogP contribution in [0.4, 0.5) is 0 Å². The lowest BCUT2D eigenvalue weighted by molar-refractivity contribution is -0.121. The van der Waals surface area contributed by atoms with E-state index in [2.05, 4.69) is 33.9 Å². The van der Waals surface area contributed by atoms with Gasteiger partial charge in [0.05, 0.1) is 0 Å². The first-order valence-electron chi connectivity index (χ1n) is 6.93. The highest BCUT2D eigenvalue weighted by Gasteiger charge is 2.48. The van der Waals surface area contributed by atoms with E-state index in [-0.39, 0.29) is 5.04 Å². The predicted molar refractivity (Wildman–Crippen MR) is 72.5 cm³/mol. The molecule has 2 aliphatic carbocycles. The molecule has 0 bridgehead atoms. The minimum atomic E-state index is -1.66. The summed E-state index contributed by atoms with van der Waals surface area (Å²) in [4.78, 5) is 11.7. The zero-order valence-electron chi connectivity index (χ0n) is 11.9. The molecule has 0 N–H and O–H groups in total. The summed E-state index contributed by atoms with van der Waals surface area (Å²) in [5, 5.41) is 0.272. The molecule has 0 heterocycles. The van der Waals surface area contributed by atoms with E-state index in [9.17, 15) is 4.79 Å². The van der Waals surface area contributed by atoms with Crippen LogP contribution in [-0.4, -0.2) is 20.2 Å². The van der Waals surface area contributed by atoms with E-state index in [0.717, 1.165) is 25.7 Å². The molecule has 2 rings (SSSR count). The molecule has 98 valence electrons. The second kappa shape index (κ2) is 4.20. The van der Waals surface area contributed by atoms with Gasteiger partial charge in [-0.2, -0.15) is 0 Å². The van der Waals surface area contributed by atoms with Crippen LogP contribution in [-0.2, 0) is 9.22 Å². The highest BCUT2D eigenvalue weighted by molar-refractivity contribution is 6.74. The van der Waals surface area contributed by atoms with Gasteiger partial charge < -0.3 is 4.43 Å². The van der Waals surface area contributed by atoms with E-state index in [1.807, 2.05) is 0 Å². The Morgan fingerprint density at radius 2 is 1.82 bits per heavy atom. The Morgan fingerprint density at radius 1 is 1.18 bits per heavy atom. The maximum atomic E-state index is 11.7. The number of hydrogen-bond acceptors (Lipinski definition) is 2. The van der Waals surface area contributed by atoms with Crippen LogP contribution in [0.3, 0.4) is 0 Å². The number of fused-ring (bicyclic) bond motifs is 1. The number of ketones is 1. The SMILES string of the molecule is CC(C)(C)[Si](C)(C)O[C@H]1CC[C@H]2C(=O)CC[C@@H]12. The second-order valence-electron chi connectivity index (χ2n) is 7.27. The molecule has 0 amide bonds. The van der Waals surface area contributed by atoms with E-state index in [4.69, 9.17) is 4.43 Å². The Balaban J connectivity index is 2.04. The Kier molecular flexibility index (Phi) is 3.28. The van der Waals surface area contributed by atoms with Crippen LogP contribution in [0.1, 0.15) is 46.5 Å². The first kappa shape index (κ1) is 13.3. The molecule has 0 aromatic heterocycles. The molecule has 2 saturated carbocycles. The predicted octanol–water partition coefficient (Wildman–Crippen LogP) is 3.77. The zero-order chi connectivity index (χ0) is 12.8. The molecule has 3 atom stereocenters. The summed E-state index contributed by atoms with van der Waals surface area (Å²) in [6, 6.07) is 0. The van der Waals surface area contributed by atoms with Crippen molar-refractivity contribution in [3.8, 4) is 0 Å². The van der Waals surface area contributed by atoms with Crippen molar-refractivity contribution < 1.29 is 9.22 Å². The molecule has 0 spiro atoms. The van der Waals surface area contributed by atoms with Gasteiger partial charge in [0.2, 0.25) is 0 Å². The lowest BCUT2D eigenvalue weighted by atomic mass is 9.99. The monoisotopic (exact) mass is 254 g/mol. The van der Waals surface area contributed by atoms with Gasteiger partial charge in [0, 0.05) is 18.4 Å². The van der Waals surface area contributed by atoms with Crippen molar-refractivity contribution in [1.29, 1.82) is 0 Å². The van der Waals surface area contributed by atoms with Crippen LogP contribution in [0.2, 0.25) is 18.1 Å². The number of carbonyl (C=O) groups excluding carboxylic acids is 1. The van der Waals surface area contributed by atoms with Gasteiger partial charge in [0.25, 0.3) is 0 Å². The van der Waals surface area contributed by atoms with E-state index in [0.29, 0.717) is 23.7 Å². The summed E-state index contributed by atoms with van der Waals surface area (Å²) in [5.74, 6) is 1.37. The van der Waals surface area contributed by atoms with Gasteiger partial charge in [-0.05, 0) is 43.3 Å². The van der Waals surface area contributed by atoms with Crippen molar-refractivity contribution >= 4 is 14.1 Å². The molecule has 0 saturated heterocycles. The average molecular weight is 254 g/mol.